The molecule has 30 heavy (non-hydrogen) atoms. The Balaban J connectivity index is 1.61. The van der Waals surface area contributed by atoms with Crippen molar-refractivity contribution in [1.29, 1.82) is 0 Å². The van der Waals surface area contributed by atoms with E-state index in [0.29, 0.717) is 12.1 Å². The molecule has 2 aromatic heterocycles. The molecule has 1 fully saturated rings. The zero-order valence-electron chi connectivity index (χ0n) is 16.9. The molecule has 1 aliphatic carbocycles. The summed E-state index contributed by atoms with van der Waals surface area (Å²) in [6.45, 7) is 1.94. The van der Waals surface area contributed by atoms with E-state index in [9.17, 15) is 10.2 Å². The molecule has 4 aromatic rings. The summed E-state index contributed by atoms with van der Waals surface area (Å²) in [7, 11) is 1.66. The Bertz CT molecular complexity index is 1220. The second kappa shape index (κ2) is 7.27. The molecule has 3 N–H and O–H groups in total. The van der Waals surface area contributed by atoms with Crippen LogP contribution < -0.4 is 10.1 Å². The zero-order chi connectivity index (χ0) is 20.8. The van der Waals surface area contributed by atoms with Gasteiger partial charge in [-0.05, 0) is 35.2 Å². The SMILES string of the molecule is COc1ccc2ccccc2c1-c1cc2nccc(N[C@@H]3C[C@@H](C)[C@@H](O)[C@H]3O)n2n1. The molecule has 0 amide bonds. The minimum atomic E-state index is -0.823. The molecule has 2 heterocycles. The topological polar surface area (TPSA) is 91.9 Å². The van der Waals surface area contributed by atoms with Crippen LogP contribution in [0.15, 0.2) is 54.7 Å². The van der Waals surface area contributed by atoms with Crippen molar-refractivity contribution < 1.29 is 14.9 Å². The predicted molar refractivity (Wildman–Crippen MR) is 116 cm³/mol. The summed E-state index contributed by atoms with van der Waals surface area (Å²) >= 11 is 0. The molecule has 5 rings (SSSR count). The smallest absolute Gasteiger partial charge is 0.157 e. The van der Waals surface area contributed by atoms with Gasteiger partial charge in [0.25, 0.3) is 0 Å². The van der Waals surface area contributed by atoms with Crippen LogP contribution in [0.5, 0.6) is 5.75 Å². The molecule has 0 saturated heterocycles. The largest absolute Gasteiger partial charge is 0.496 e. The number of ether oxygens (including phenoxy) is 1. The molecule has 0 radical (unpaired) electrons. The Kier molecular flexibility index (Phi) is 4.56. The van der Waals surface area contributed by atoms with E-state index in [4.69, 9.17) is 9.84 Å². The van der Waals surface area contributed by atoms with Crippen LogP contribution in [0.4, 0.5) is 5.82 Å². The van der Waals surface area contributed by atoms with Crippen molar-refractivity contribution >= 4 is 22.2 Å². The number of aromatic nitrogens is 3. The lowest BCUT2D eigenvalue weighted by Crippen LogP contribution is -2.35. The second-order valence-electron chi connectivity index (χ2n) is 7.94. The van der Waals surface area contributed by atoms with Crippen LogP contribution >= 0.6 is 0 Å². The molecule has 0 bridgehead atoms. The van der Waals surface area contributed by atoms with Gasteiger partial charge >= 0.3 is 0 Å². The number of aliphatic hydroxyl groups is 2. The van der Waals surface area contributed by atoms with Gasteiger partial charge < -0.3 is 20.3 Å². The third-order valence-corrected chi connectivity index (χ3v) is 6.03. The number of methoxy groups -OCH3 is 1. The van der Waals surface area contributed by atoms with Gasteiger partial charge in [-0.1, -0.05) is 37.3 Å². The van der Waals surface area contributed by atoms with Crippen LogP contribution in [0.3, 0.4) is 0 Å². The first-order valence-corrected chi connectivity index (χ1v) is 10.1. The third-order valence-electron chi connectivity index (χ3n) is 6.03. The van der Waals surface area contributed by atoms with Crippen molar-refractivity contribution in [3.8, 4) is 17.0 Å². The van der Waals surface area contributed by atoms with Crippen LogP contribution in [0.1, 0.15) is 13.3 Å². The van der Waals surface area contributed by atoms with E-state index in [-0.39, 0.29) is 12.0 Å². The van der Waals surface area contributed by atoms with Gasteiger partial charge in [0.05, 0.1) is 30.5 Å². The predicted octanol–water partition coefficient (Wildman–Crippen LogP) is 3.10. The highest BCUT2D eigenvalue weighted by atomic mass is 16.5. The summed E-state index contributed by atoms with van der Waals surface area (Å²) < 4.78 is 7.37. The van der Waals surface area contributed by atoms with Crippen molar-refractivity contribution in [2.24, 2.45) is 5.92 Å². The van der Waals surface area contributed by atoms with E-state index in [1.54, 1.807) is 17.8 Å². The minimum Gasteiger partial charge on any atom is -0.496 e. The van der Waals surface area contributed by atoms with Crippen molar-refractivity contribution in [2.45, 2.75) is 31.6 Å². The molecular formula is C23H24N4O3. The highest BCUT2D eigenvalue weighted by Gasteiger charge is 2.39. The van der Waals surface area contributed by atoms with Crippen LogP contribution in [0, 0.1) is 5.92 Å². The molecule has 0 spiro atoms. The van der Waals surface area contributed by atoms with Crippen LogP contribution in [0.25, 0.3) is 27.7 Å². The van der Waals surface area contributed by atoms with Crippen LogP contribution in [-0.4, -0.2) is 50.2 Å². The number of aliphatic hydroxyl groups excluding tert-OH is 2. The molecule has 0 unspecified atom stereocenters. The molecule has 1 aliphatic rings. The number of benzene rings is 2. The maximum absolute atomic E-state index is 10.4. The summed E-state index contributed by atoms with van der Waals surface area (Å²) in [6.07, 6.45) is 0.839. The monoisotopic (exact) mass is 404 g/mol. The summed E-state index contributed by atoms with van der Waals surface area (Å²) in [5, 5.41) is 30.8. The van der Waals surface area contributed by atoms with Crippen molar-refractivity contribution in [1.82, 2.24) is 14.6 Å². The van der Waals surface area contributed by atoms with Crippen molar-refractivity contribution in [3.63, 3.8) is 0 Å². The third kappa shape index (κ3) is 2.98. The standard InChI is InChI=1S/C23H24N4O3/c1-13-11-17(23(29)22(13)28)25-19-9-10-24-20-12-16(26-27(19)20)21-15-6-4-3-5-14(15)7-8-18(21)30-2/h3-10,12-13,17,22-23,25,28-29H,11H2,1-2H3/t13-,17-,22-,23+/m1/s1. The summed E-state index contributed by atoms with van der Waals surface area (Å²) in [6, 6.07) is 15.6. The van der Waals surface area contributed by atoms with Gasteiger partial charge in [-0.2, -0.15) is 9.61 Å². The molecule has 1 saturated carbocycles. The summed E-state index contributed by atoms with van der Waals surface area (Å²) in [4.78, 5) is 4.45. The highest BCUT2D eigenvalue weighted by Crippen LogP contribution is 2.37. The number of nitrogens with one attached hydrogen (secondary N) is 1. The van der Waals surface area contributed by atoms with E-state index in [1.165, 1.54) is 0 Å². The van der Waals surface area contributed by atoms with E-state index < -0.39 is 12.2 Å². The Morgan fingerprint density at radius 3 is 2.70 bits per heavy atom. The Hall–Kier alpha value is -3.16. The van der Waals surface area contributed by atoms with Crippen LogP contribution in [0.2, 0.25) is 0 Å². The number of nitrogens with zero attached hydrogens (tertiary/aromatic N) is 3. The van der Waals surface area contributed by atoms with Gasteiger partial charge in [0, 0.05) is 12.3 Å². The average molecular weight is 404 g/mol. The van der Waals surface area contributed by atoms with Gasteiger partial charge in [0.1, 0.15) is 17.7 Å². The normalized spacial score (nSPS) is 23.9. The Labute approximate surface area is 173 Å². The molecule has 7 nitrogen and oxygen atoms in total. The molecule has 0 aliphatic heterocycles. The maximum Gasteiger partial charge on any atom is 0.157 e. The Morgan fingerprint density at radius 1 is 1.10 bits per heavy atom. The molecule has 4 atom stereocenters. The first-order valence-electron chi connectivity index (χ1n) is 10.1. The minimum absolute atomic E-state index is 0.0305. The average Bonchev–Trinajstić information content (AvgIpc) is 3.30. The number of hydrogen-bond donors (Lipinski definition) is 3. The van der Waals surface area contributed by atoms with Gasteiger partial charge in [-0.25, -0.2) is 4.98 Å². The fourth-order valence-electron chi connectivity index (χ4n) is 4.40. The molecule has 154 valence electrons. The molecule has 7 heteroatoms. The van der Waals surface area contributed by atoms with Gasteiger partial charge in [0.2, 0.25) is 0 Å². The van der Waals surface area contributed by atoms with Crippen molar-refractivity contribution in [3.05, 3.63) is 54.7 Å². The first kappa shape index (κ1) is 18.8. The van der Waals surface area contributed by atoms with Gasteiger partial charge in [-0.15, -0.1) is 0 Å². The molecule has 2 aromatic carbocycles. The molecular weight excluding hydrogens is 380 g/mol. The number of rotatable bonds is 4. The lowest BCUT2D eigenvalue weighted by Gasteiger charge is -2.19. The Morgan fingerprint density at radius 2 is 1.93 bits per heavy atom. The number of fused-ring (bicyclic) bond motifs is 2. The van der Waals surface area contributed by atoms with Gasteiger partial charge in [0.15, 0.2) is 5.65 Å². The van der Waals surface area contributed by atoms with Gasteiger partial charge in [-0.3, -0.25) is 0 Å². The number of anilines is 1. The van der Waals surface area contributed by atoms with E-state index in [1.807, 2.05) is 43.3 Å². The summed E-state index contributed by atoms with van der Waals surface area (Å²) in [5.41, 5.74) is 2.36. The number of hydrogen-bond acceptors (Lipinski definition) is 6. The summed E-state index contributed by atoms with van der Waals surface area (Å²) in [5.74, 6) is 1.49. The van der Waals surface area contributed by atoms with Crippen molar-refractivity contribution in [2.75, 3.05) is 12.4 Å². The fraction of sp³-hybridized carbons (Fsp3) is 0.304. The van der Waals surface area contributed by atoms with Crippen LogP contribution in [-0.2, 0) is 0 Å². The quantitative estimate of drug-likeness (QED) is 0.484. The maximum atomic E-state index is 10.4. The lowest BCUT2D eigenvalue weighted by molar-refractivity contribution is 0.0210. The fourth-order valence-corrected chi connectivity index (χ4v) is 4.40. The zero-order valence-corrected chi connectivity index (χ0v) is 16.9. The van der Waals surface area contributed by atoms with E-state index >= 15 is 0 Å². The lowest BCUT2D eigenvalue weighted by atomic mass is 10.0. The first-order chi connectivity index (χ1) is 14.6. The highest BCUT2D eigenvalue weighted by molar-refractivity contribution is 5.99. The second-order valence-corrected chi connectivity index (χ2v) is 7.94. The van der Waals surface area contributed by atoms with E-state index in [0.717, 1.165) is 33.6 Å². The van der Waals surface area contributed by atoms with E-state index in [2.05, 4.69) is 22.4 Å².